The predicted molar refractivity (Wildman–Crippen MR) is 60.2 cm³/mol. The molecular weight excluding hydrogens is 208 g/mol. The molecule has 0 atom stereocenters. The van der Waals surface area contributed by atoms with Crippen LogP contribution in [0.5, 0.6) is 0 Å². The summed E-state index contributed by atoms with van der Waals surface area (Å²) in [6, 6.07) is -0.641. The zero-order valence-electron chi connectivity index (χ0n) is 10.2. The van der Waals surface area contributed by atoms with Gasteiger partial charge in [0, 0.05) is 0 Å². The third-order valence-electron chi connectivity index (χ3n) is 2.82. The second kappa shape index (κ2) is 4.63. The Morgan fingerprint density at radius 1 is 1.31 bits per heavy atom. The Labute approximate surface area is 95.3 Å². The molecule has 0 saturated carbocycles. The van der Waals surface area contributed by atoms with Crippen molar-refractivity contribution in [2.75, 3.05) is 0 Å². The highest BCUT2D eigenvalue weighted by atomic mass is 16.5. The maximum Gasteiger partial charge on any atom is 0.350 e. The number of carbonyl (C=O) groups is 2. The van der Waals surface area contributed by atoms with Crippen molar-refractivity contribution < 1.29 is 14.3 Å². The van der Waals surface area contributed by atoms with Gasteiger partial charge in [-0.2, -0.15) is 4.99 Å². The molecule has 0 unspecified atom stereocenters. The van der Waals surface area contributed by atoms with E-state index in [0.717, 1.165) is 0 Å². The number of amides is 3. The average molecular weight is 226 g/mol. The normalized spacial score (nSPS) is 19.4. The molecule has 90 valence electrons. The number of ether oxygens (including phenoxy) is 1. The fourth-order valence-electron chi connectivity index (χ4n) is 1.78. The lowest BCUT2D eigenvalue weighted by Gasteiger charge is -2.33. The summed E-state index contributed by atoms with van der Waals surface area (Å²) in [5.41, 5.74) is -0.793. The molecule has 5 nitrogen and oxygen atoms in total. The van der Waals surface area contributed by atoms with Gasteiger partial charge in [0.15, 0.2) is 0 Å². The molecule has 0 aromatic heterocycles. The van der Waals surface area contributed by atoms with E-state index in [1.165, 1.54) is 0 Å². The first kappa shape index (κ1) is 12.7. The van der Waals surface area contributed by atoms with Crippen LogP contribution in [-0.4, -0.2) is 23.9 Å². The van der Waals surface area contributed by atoms with Crippen molar-refractivity contribution in [1.29, 1.82) is 0 Å². The summed E-state index contributed by atoms with van der Waals surface area (Å²) in [6.45, 7) is 7.46. The first-order valence-corrected chi connectivity index (χ1v) is 5.57. The Morgan fingerprint density at radius 3 is 2.31 bits per heavy atom. The zero-order chi connectivity index (χ0) is 12.3. The van der Waals surface area contributed by atoms with Crippen LogP contribution in [-0.2, 0) is 9.53 Å². The van der Waals surface area contributed by atoms with Crippen molar-refractivity contribution >= 4 is 17.8 Å². The molecular formula is C11H18N2O3. The van der Waals surface area contributed by atoms with E-state index in [4.69, 9.17) is 4.74 Å². The van der Waals surface area contributed by atoms with Crippen molar-refractivity contribution in [3.63, 3.8) is 0 Å². The number of hydrogen-bond donors (Lipinski definition) is 1. The van der Waals surface area contributed by atoms with E-state index in [2.05, 4.69) is 10.3 Å². The Kier molecular flexibility index (Phi) is 3.67. The Hall–Kier alpha value is -1.39. The number of carbonyl (C=O) groups excluding carboxylic acids is 2. The molecule has 0 aromatic rings. The number of urea groups is 1. The minimum absolute atomic E-state index is 0.102. The highest BCUT2D eigenvalue weighted by Gasteiger charge is 2.46. The first-order valence-electron chi connectivity index (χ1n) is 5.57. The summed E-state index contributed by atoms with van der Waals surface area (Å²) in [6.07, 6.45) is 1.03. The molecule has 0 fully saturated rings. The van der Waals surface area contributed by atoms with Crippen LogP contribution in [0.3, 0.4) is 0 Å². The summed E-state index contributed by atoms with van der Waals surface area (Å²) in [5, 5.41) is 2.23. The molecule has 16 heavy (non-hydrogen) atoms. The van der Waals surface area contributed by atoms with E-state index in [1.54, 1.807) is 0 Å². The predicted octanol–water partition coefficient (Wildman–Crippen LogP) is 1.87. The van der Waals surface area contributed by atoms with E-state index < -0.39 is 11.4 Å². The number of imide groups is 1. The summed E-state index contributed by atoms with van der Waals surface area (Å²) < 4.78 is 5.50. The SMILES string of the molecule is CCC1(CC)C(=O)NC(=O)N=C1OC(C)C. The topological polar surface area (TPSA) is 67.8 Å². The molecule has 0 spiro atoms. The van der Waals surface area contributed by atoms with Gasteiger partial charge in [-0.15, -0.1) is 0 Å². The third-order valence-corrected chi connectivity index (χ3v) is 2.82. The van der Waals surface area contributed by atoms with Crippen LogP contribution in [0, 0.1) is 5.41 Å². The van der Waals surface area contributed by atoms with Crippen molar-refractivity contribution in [1.82, 2.24) is 5.32 Å². The molecule has 1 aliphatic rings. The highest BCUT2D eigenvalue weighted by molar-refractivity contribution is 6.17. The zero-order valence-corrected chi connectivity index (χ0v) is 10.2. The number of nitrogens with zero attached hydrogens (tertiary/aromatic N) is 1. The van der Waals surface area contributed by atoms with Gasteiger partial charge in [0.1, 0.15) is 5.41 Å². The van der Waals surface area contributed by atoms with Gasteiger partial charge >= 0.3 is 6.03 Å². The van der Waals surface area contributed by atoms with Crippen LogP contribution in [0.15, 0.2) is 4.99 Å². The third kappa shape index (κ3) is 2.08. The average Bonchev–Trinajstić information content (AvgIpc) is 2.17. The van der Waals surface area contributed by atoms with Gasteiger partial charge in [-0.25, -0.2) is 4.79 Å². The lowest BCUT2D eigenvalue weighted by Crippen LogP contribution is -2.52. The largest absolute Gasteiger partial charge is 0.477 e. The molecule has 1 aliphatic heterocycles. The van der Waals surface area contributed by atoms with Crippen LogP contribution in [0.4, 0.5) is 4.79 Å². The van der Waals surface area contributed by atoms with Crippen molar-refractivity contribution in [3.8, 4) is 0 Å². The molecule has 5 heteroatoms. The lowest BCUT2D eigenvalue weighted by molar-refractivity contribution is -0.127. The molecule has 0 aliphatic carbocycles. The summed E-state index contributed by atoms with van der Waals surface area (Å²) in [4.78, 5) is 26.9. The fourth-order valence-corrected chi connectivity index (χ4v) is 1.78. The van der Waals surface area contributed by atoms with Crippen molar-refractivity contribution in [2.24, 2.45) is 10.4 Å². The van der Waals surface area contributed by atoms with Crippen LogP contribution in [0.1, 0.15) is 40.5 Å². The number of nitrogens with one attached hydrogen (secondary N) is 1. The lowest BCUT2D eigenvalue weighted by atomic mass is 9.80. The second-order valence-electron chi connectivity index (χ2n) is 4.13. The maximum atomic E-state index is 11.9. The van der Waals surface area contributed by atoms with Gasteiger partial charge in [-0.1, -0.05) is 13.8 Å². The van der Waals surface area contributed by atoms with E-state index in [1.807, 2.05) is 27.7 Å². The smallest absolute Gasteiger partial charge is 0.350 e. The standard InChI is InChI=1S/C11H18N2O3/c1-5-11(6-2)8(14)12-10(15)13-9(11)16-7(3)4/h7H,5-6H2,1-4H3,(H,12,14,15). The molecule has 1 N–H and O–H groups in total. The van der Waals surface area contributed by atoms with Crippen LogP contribution >= 0.6 is 0 Å². The number of hydrogen-bond acceptors (Lipinski definition) is 3. The number of aliphatic imine (C=N–C) groups is 1. The van der Waals surface area contributed by atoms with Crippen molar-refractivity contribution in [2.45, 2.75) is 46.6 Å². The minimum Gasteiger partial charge on any atom is -0.477 e. The molecule has 0 saturated heterocycles. The molecule has 0 radical (unpaired) electrons. The quantitative estimate of drug-likeness (QED) is 0.798. The van der Waals surface area contributed by atoms with Gasteiger partial charge in [-0.3, -0.25) is 10.1 Å². The maximum absolute atomic E-state index is 11.9. The van der Waals surface area contributed by atoms with Crippen LogP contribution < -0.4 is 5.32 Å². The van der Waals surface area contributed by atoms with Crippen LogP contribution in [0.2, 0.25) is 0 Å². The van der Waals surface area contributed by atoms with E-state index in [0.29, 0.717) is 12.8 Å². The highest BCUT2D eigenvalue weighted by Crippen LogP contribution is 2.32. The second-order valence-corrected chi connectivity index (χ2v) is 4.13. The monoisotopic (exact) mass is 226 g/mol. The van der Waals surface area contributed by atoms with Gasteiger partial charge in [0.05, 0.1) is 6.10 Å². The molecule has 0 bridgehead atoms. The Bertz CT molecular complexity index is 330. The van der Waals surface area contributed by atoms with Gasteiger partial charge in [0.2, 0.25) is 11.8 Å². The minimum atomic E-state index is -0.793. The Balaban J connectivity index is 3.14. The molecule has 0 aromatic carbocycles. The number of rotatable bonds is 3. The van der Waals surface area contributed by atoms with E-state index >= 15 is 0 Å². The summed E-state index contributed by atoms with van der Waals surface area (Å²) in [5.74, 6) is -0.0607. The molecule has 1 heterocycles. The summed E-state index contributed by atoms with van der Waals surface area (Å²) >= 11 is 0. The van der Waals surface area contributed by atoms with Crippen LogP contribution in [0.25, 0.3) is 0 Å². The van der Waals surface area contributed by atoms with Gasteiger partial charge < -0.3 is 4.74 Å². The van der Waals surface area contributed by atoms with Gasteiger partial charge in [-0.05, 0) is 26.7 Å². The van der Waals surface area contributed by atoms with E-state index in [-0.39, 0.29) is 17.9 Å². The first-order chi connectivity index (χ1) is 7.46. The Morgan fingerprint density at radius 2 is 1.88 bits per heavy atom. The molecule has 3 amide bonds. The van der Waals surface area contributed by atoms with Crippen molar-refractivity contribution in [3.05, 3.63) is 0 Å². The summed E-state index contributed by atoms with van der Waals surface area (Å²) in [7, 11) is 0. The fraction of sp³-hybridized carbons (Fsp3) is 0.727. The van der Waals surface area contributed by atoms with E-state index in [9.17, 15) is 9.59 Å². The van der Waals surface area contributed by atoms with Gasteiger partial charge in [0.25, 0.3) is 0 Å². The molecule has 1 rings (SSSR count).